The van der Waals surface area contributed by atoms with E-state index in [0.29, 0.717) is 28.4 Å². The minimum absolute atomic E-state index is 0.250. The third-order valence-electron chi connectivity index (χ3n) is 5.94. The number of aryl methyl sites for hydroxylation is 1. The Labute approximate surface area is 207 Å². The number of nitrogens with zero attached hydrogens (tertiary/aromatic N) is 3. The second-order valence-corrected chi connectivity index (χ2v) is 8.83. The van der Waals surface area contributed by atoms with E-state index in [4.69, 9.17) is 16.7 Å². The van der Waals surface area contributed by atoms with Crippen LogP contribution in [0.3, 0.4) is 0 Å². The fraction of sp³-hybridized carbons (Fsp3) is 0.148. The van der Waals surface area contributed by atoms with Gasteiger partial charge in [0.2, 0.25) is 5.82 Å². The van der Waals surface area contributed by atoms with Gasteiger partial charge in [0.15, 0.2) is 5.11 Å². The molecular weight excluding hydrogens is 466 g/mol. The number of halogens is 2. The second-order valence-electron chi connectivity index (χ2n) is 8.45. The summed E-state index contributed by atoms with van der Waals surface area (Å²) in [5.74, 6) is -0.243. The number of hydrogen-bond acceptors (Lipinski definition) is 4. The summed E-state index contributed by atoms with van der Waals surface area (Å²) in [5, 5.41) is 7.92. The van der Waals surface area contributed by atoms with E-state index in [0.717, 1.165) is 16.8 Å². The topological polar surface area (TPSA) is 54.2 Å². The molecular formula is C27H22F2N4OS. The molecule has 1 atom stereocenters. The lowest BCUT2D eigenvalue weighted by molar-refractivity contribution is 0.396. The van der Waals surface area contributed by atoms with Gasteiger partial charge in [-0.1, -0.05) is 59.3 Å². The van der Waals surface area contributed by atoms with Gasteiger partial charge in [0.05, 0.1) is 11.6 Å². The number of allylic oxidation sites excluding steroid dienone is 1. The normalized spacial score (nSPS) is 15.9. The van der Waals surface area contributed by atoms with Crippen molar-refractivity contribution >= 4 is 22.9 Å². The van der Waals surface area contributed by atoms with E-state index in [1.54, 1.807) is 18.2 Å². The van der Waals surface area contributed by atoms with Crippen molar-refractivity contribution in [2.24, 2.45) is 0 Å². The molecule has 0 amide bonds. The van der Waals surface area contributed by atoms with Crippen LogP contribution in [0.1, 0.15) is 35.5 Å². The summed E-state index contributed by atoms with van der Waals surface area (Å²) in [6.07, 6.45) is 0. The average molecular weight is 489 g/mol. The van der Waals surface area contributed by atoms with Gasteiger partial charge in [-0.05, 0) is 61.5 Å². The van der Waals surface area contributed by atoms with Gasteiger partial charge in [-0.25, -0.2) is 8.78 Å². The summed E-state index contributed by atoms with van der Waals surface area (Å²) in [4.78, 5) is 6.53. The van der Waals surface area contributed by atoms with Crippen LogP contribution < -0.4 is 5.32 Å². The van der Waals surface area contributed by atoms with Gasteiger partial charge in [-0.2, -0.15) is 4.98 Å². The first-order valence-corrected chi connectivity index (χ1v) is 11.5. The highest BCUT2D eigenvalue weighted by Crippen LogP contribution is 2.38. The van der Waals surface area contributed by atoms with E-state index in [9.17, 15) is 8.78 Å². The fourth-order valence-corrected chi connectivity index (χ4v) is 4.58. The number of rotatable bonds is 5. The number of benzene rings is 3. The third kappa shape index (κ3) is 4.70. The monoisotopic (exact) mass is 488 g/mol. The summed E-state index contributed by atoms with van der Waals surface area (Å²) in [6.45, 7) is 4.50. The number of hydrogen-bond donors (Lipinski definition) is 1. The van der Waals surface area contributed by atoms with Crippen LogP contribution in [0.2, 0.25) is 0 Å². The molecule has 4 aromatic rings. The van der Waals surface area contributed by atoms with E-state index in [-0.39, 0.29) is 17.5 Å². The lowest BCUT2D eigenvalue weighted by atomic mass is 9.94. The molecule has 1 N–H and O–H groups in total. The lowest BCUT2D eigenvalue weighted by Crippen LogP contribution is -2.45. The average Bonchev–Trinajstić information content (AvgIpc) is 3.31. The lowest BCUT2D eigenvalue weighted by Gasteiger charge is -2.37. The van der Waals surface area contributed by atoms with E-state index < -0.39 is 11.9 Å². The van der Waals surface area contributed by atoms with Crippen LogP contribution >= 0.6 is 12.2 Å². The molecule has 35 heavy (non-hydrogen) atoms. The van der Waals surface area contributed by atoms with Crippen molar-refractivity contribution in [1.82, 2.24) is 20.4 Å². The van der Waals surface area contributed by atoms with Crippen molar-refractivity contribution in [2.45, 2.75) is 26.4 Å². The van der Waals surface area contributed by atoms with Crippen LogP contribution in [-0.2, 0) is 6.54 Å². The fourth-order valence-electron chi connectivity index (χ4n) is 4.26. The maximum absolute atomic E-state index is 14.1. The van der Waals surface area contributed by atoms with Crippen LogP contribution in [0.25, 0.3) is 17.0 Å². The first kappa shape index (κ1) is 22.9. The molecule has 3 aromatic carbocycles. The first-order valence-electron chi connectivity index (χ1n) is 11.1. The molecule has 0 radical (unpaired) electrons. The number of thiocarbonyl (C=S) groups is 1. The van der Waals surface area contributed by atoms with Crippen molar-refractivity contribution in [3.8, 4) is 11.4 Å². The zero-order valence-corrected chi connectivity index (χ0v) is 19.9. The Kier molecular flexibility index (Phi) is 6.13. The zero-order valence-electron chi connectivity index (χ0n) is 19.1. The molecule has 176 valence electrons. The predicted octanol–water partition coefficient (Wildman–Crippen LogP) is 6.19. The van der Waals surface area contributed by atoms with Gasteiger partial charge in [0, 0.05) is 17.8 Å². The van der Waals surface area contributed by atoms with E-state index in [1.165, 1.54) is 24.3 Å². The van der Waals surface area contributed by atoms with Crippen molar-refractivity contribution in [2.75, 3.05) is 0 Å². The van der Waals surface area contributed by atoms with Gasteiger partial charge < -0.3 is 14.7 Å². The van der Waals surface area contributed by atoms with Crippen molar-refractivity contribution in [3.05, 3.63) is 113 Å². The Morgan fingerprint density at radius 2 is 1.71 bits per heavy atom. The molecule has 1 aliphatic rings. The summed E-state index contributed by atoms with van der Waals surface area (Å²) in [7, 11) is 0. The molecule has 0 spiro atoms. The van der Waals surface area contributed by atoms with Crippen molar-refractivity contribution in [1.29, 1.82) is 0 Å². The molecule has 0 saturated carbocycles. The quantitative estimate of drug-likeness (QED) is 0.338. The van der Waals surface area contributed by atoms with E-state index in [2.05, 4.69) is 21.5 Å². The standard InChI is InChI=1S/C27H22F2N4OS/c1-16-6-3-7-18(12-16)15-33-17(2)23(24(30-27(33)35)19-8-4-10-21(28)13-19)26-31-25(32-34-26)20-9-5-11-22(29)14-20/h3-14,24H,15H2,1-2H3,(H,30,35). The molecule has 5 rings (SSSR count). The summed E-state index contributed by atoms with van der Waals surface area (Å²) >= 11 is 5.72. The molecule has 0 saturated heterocycles. The van der Waals surface area contributed by atoms with Gasteiger partial charge in [-0.3, -0.25) is 0 Å². The molecule has 5 nitrogen and oxygen atoms in total. The van der Waals surface area contributed by atoms with E-state index in [1.807, 2.05) is 43.0 Å². The van der Waals surface area contributed by atoms with Crippen LogP contribution in [0, 0.1) is 18.6 Å². The maximum atomic E-state index is 14.1. The number of nitrogens with one attached hydrogen (secondary N) is 1. The summed E-state index contributed by atoms with van der Waals surface area (Å²) in [6, 6.07) is 20.0. The zero-order chi connectivity index (χ0) is 24.5. The molecule has 1 aliphatic heterocycles. The highest BCUT2D eigenvalue weighted by Gasteiger charge is 2.34. The number of aromatic nitrogens is 2. The van der Waals surface area contributed by atoms with Crippen LogP contribution in [0.15, 0.2) is 83.0 Å². The SMILES string of the molecule is CC1=C(c2nc(-c3cccc(F)c3)no2)C(c2cccc(F)c2)NC(=S)N1Cc1cccc(C)c1. The van der Waals surface area contributed by atoms with Gasteiger partial charge >= 0.3 is 0 Å². The first-order chi connectivity index (χ1) is 16.9. The summed E-state index contributed by atoms with van der Waals surface area (Å²) < 4.78 is 33.6. The second kappa shape index (κ2) is 9.38. The molecule has 1 aromatic heterocycles. The van der Waals surface area contributed by atoms with E-state index >= 15 is 0 Å². The summed E-state index contributed by atoms with van der Waals surface area (Å²) in [5.41, 5.74) is 4.88. The Morgan fingerprint density at radius 1 is 0.971 bits per heavy atom. The third-order valence-corrected chi connectivity index (χ3v) is 6.28. The molecule has 0 aliphatic carbocycles. The van der Waals surface area contributed by atoms with Crippen molar-refractivity contribution in [3.63, 3.8) is 0 Å². The van der Waals surface area contributed by atoms with Crippen molar-refractivity contribution < 1.29 is 13.3 Å². The molecule has 0 bridgehead atoms. The van der Waals surface area contributed by atoms with Crippen LogP contribution in [0.5, 0.6) is 0 Å². The van der Waals surface area contributed by atoms with Gasteiger partial charge in [0.25, 0.3) is 5.89 Å². The Hall–Kier alpha value is -3.91. The minimum atomic E-state index is -0.507. The van der Waals surface area contributed by atoms with Crippen LogP contribution in [-0.4, -0.2) is 20.2 Å². The van der Waals surface area contributed by atoms with Gasteiger partial charge in [-0.15, -0.1) is 0 Å². The Balaban J connectivity index is 1.61. The molecule has 8 heteroatoms. The van der Waals surface area contributed by atoms with Gasteiger partial charge in [0.1, 0.15) is 11.6 Å². The largest absolute Gasteiger partial charge is 0.351 e. The Morgan fingerprint density at radius 3 is 2.46 bits per heavy atom. The molecule has 0 fully saturated rings. The predicted molar refractivity (Wildman–Crippen MR) is 134 cm³/mol. The highest BCUT2D eigenvalue weighted by molar-refractivity contribution is 7.80. The maximum Gasteiger partial charge on any atom is 0.258 e. The molecule has 2 heterocycles. The van der Waals surface area contributed by atoms with Crippen LogP contribution in [0.4, 0.5) is 8.78 Å². The Bertz CT molecular complexity index is 1450. The minimum Gasteiger partial charge on any atom is -0.351 e. The smallest absolute Gasteiger partial charge is 0.258 e. The molecule has 1 unspecified atom stereocenters. The highest BCUT2D eigenvalue weighted by atomic mass is 32.1.